The molecule has 1 aromatic heterocycles. The third-order valence-corrected chi connectivity index (χ3v) is 4.38. The highest BCUT2D eigenvalue weighted by molar-refractivity contribution is 7.10. The molecule has 0 spiro atoms. The summed E-state index contributed by atoms with van der Waals surface area (Å²) in [6.07, 6.45) is 0.790. The van der Waals surface area contributed by atoms with Crippen LogP contribution < -0.4 is 5.32 Å². The first kappa shape index (κ1) is 15.3. The predicted octanol–water partition coefficient (Wildman–Crippen LogP) is 3.16. The Labute approximate surface area is 125 Å². The van der Waals surface area contributed by atoms with E-state index in [2.05, 4.69) is 23.7 Å². The molecule has 0 bridgehead atoms. The van der Waals surface area contributed by atoms with Gasteiger partial charge in [-0.15, -0.1) is 11.3 Å². The van der Waals surface area contributed by atoms with Crippen molar-refractivity contribution in [2.45, 2.75) is 52.3 Å². The van der Waals surface area contributed by atoms with Gasteiger partial charge in [0.15, 0.2) is 0 Å². The van der Waals surface area contributed by atoms with Gasteiger partial charge in [-0.1, -0.05) is 0 Å². The van der Waals surface area contributed by atoms with Gasteiger partial charge in [-0.05, 0) is 51.1 Å². The Balaban J connectivity index is 1.78. The van der Waals surface area contributed by atoms with E-state index in [1.54, 1.807) is 16.2 Å². The van der Waals surface area contributed by atoms with Crippen LogP contribution in [0.15, 0.2) is 11.4 Å². The van der Waals surface area contributed by atoms with Crippen LogP contribution in [0, 0.1) is 6.92 Å². The highest BCUT2D eigenvalue weighted by atomic mass is 32.1. The zero-order valence-corrected chi connectivity index (χ0v) is 13.5. The normalized spacial score (nSPS) is 19.4. The van der Waals surface area contributed by atoms with Gasteiger partial charge in [0.05, 0.1) is 0 Å². The molecule has 1 N–H and O–H groups in total. The van der Waals surface area contributed by atoms with Crippen molar-refractivity contribution in [3.05, 3.63) is 21.9 Å². The van der Waals surface area contributed by atoms with Crippen molar-refractivity contribution in [1.82, 2.24) is 10.2 Å². The second-order valence-electron chi connectivity index (χ2n) is 6.32. The quantitative estimate of drug-likeness (QED) is 0.931. The molecule has 112 valence electrons. The number of ether oxygens (including phenoxy) is 1. The minimum absolute atomic E-state index is 0.200. The van der Waals surface area contributed by atoms with Crippen LogP contribution in [-0.4, -0.2) is 35.7 Å². The minimum Gasteiger partial charge on any atom is -0.444 e. The Morgan fingerprint density at radius 1 is 1.55 bits per heavy atom. The molecule has 1 unspecified atom stereocenters. The van der Waals surface area contributed by atoms with Crippen LogP contribution in [0.2, 0.25) is 0 Å². The number of nitrogens with zero attached hydrogens (tertiary/aromatic N) is 1. The summed E-state index contributed by atoms with van der Waals surface area (Å²) in [6, 6.07) is 2.51. The maximum Gasteiger partial charge on any atom is 0.410 e. The second-order valence-corrected chi connectivity index (χ2v) is 7.32. The third kappa shape index (κ3) is 4.21. The fourth-order valence-electron chi connectivity index (χ4n) is 2.24. The fourth-order valence-corrected chi connectivity index (χ4v) is 3.10. The Bertz CT molecular complexity index is 465. The Kier molecular flexibility index (Phi) is 4.70. The number of thiophene rings is 1. The first-order valence-corrected chi connectivity index (χ1v) is 7.97. The molecule has 1 aliphatic heterocycles. The highest BCUT2D eigenvalue weighted by Gasteiger charge is 2.29. The van der Waals surface area contributed by atoms with Crippen LogP contribution >= 0.6 is 11.3 Å². The molecular formula is C15H24N2O2S. The number of nitrogens with one attached hydrogen (secondary N) is 1. The molecule has 2 heterocycles. The van der Waals surface area contributed by atoms with Gasteiger partial charge in [-0.25, -0.2) is 4.79 Å². The van der Waals surface area contributed by atoms with Gasteiger partial charge in [0.25, 0.3) is 0 Å². The van der Waals surface area contributed by atoms with Crippen LogP contribution in [0.3, 0.4) is 0 Å². The van der Waals surface area contributed by atoms with Crippen LogP contribution in [0.1, 0.15) is 37.6 Å². The van der Waals surface area contributed by atoms with Gasteiger partial charge in [0.2, 0.25) is 0 Å². The van der Waals surface area contributed by atoms with E-state index in [4.69, 9.17) is 4.74 Å². The van der Waals surface area contributed by atoms with Crippen molar-refractivity contribution in [3.8, 4) is 0 Å². The molecule has 0 aliphatic carbocycles. The van der Waals surface area contributed by atoms with Gasteiger partial charge in [-0.2, -0.15) is 0 Å². The number of hydrogen-bond donors (Lipinski definition) is 1. The summed E-state index contributed by atoms with van der Waals surface area (Å²) in [5.41, 5.74) is 0.918. The van der Waals surface area contributed by atoms with Crippen LogP contribution in [0.4, 0.5) is 4.79 Å². The molecule has 0 aromatic carbocycles. The summed E-state index contributed by atoms with van der Waals surface area (Å²) in [4.78, 5) is 15.1. The lowest BCUT2D eigenvalue weighted by atomic mass is 10.2. The molecule has 2 rings (SSSR count). The van der Waals surface area contributed by atoms with E-state index >= 15 is 0 Å². The average Bonchev–Trinajstić information content (AvgIpc) is 2.93. The largest absolute Gasteiger partial charge is 0.444 e. The smallest absolute Gasteiger partial charge is 0.410 e. The van der Waals surface area contributed by atoms with Crippen molar-refractivity contribution in [2.75, 3.05) is 13.1 Å². The molecule has 0 saturated carbocycles. The first-order chi connectivity index (χ1) is 9.35. The monoisotopic (exact) mass is 296 g/mol. The van der Waals surface area contributed by atoms with E-state index in [0.717, 1.165) is 26.1 Å². The minimum atomic E-state index is -0.420. The lowest BCUT2D eigenvalue weighted by Gasteiger charge is -2.24. The topological polar surface area (TPSA) is 41.6 Å². The van der Waals surface area contributed by atoms with Crippen molar-refractivity contribution in [1.29, 1.82) is 0 Å². The number of aryl methyl sites for hydroxylation is 1. The zero-order valence-electron chi connectivity index (χ0n) is 12.7. The summed E-state index contributed by atoms with van der Waals surface area (Å²) >= 11 is 1.78. The molecule has 1 aromatic rings. The van der Waals surface area contributed by atoms with Crippen molar-refractivity contribution >= 4 is 17.4 Å². The van der Waals surface area contributed by atoms with E-state index in [1.165, 1.54) is 10.4 Å². The SMILES string of the molecule is Cc1ccsc1CNC1CCN(C(=O)OC(C)(C)C)C1. The van der Waals surface area contributed by atoms with Gasteiger partial charge >= 0.3 is 6.09 Å². The number of carbonyl (C=O) groups is 1. The van der Waals surface area contributed by atoms with E-state index in [1.807, 2.05) is 20.8 Å². The Morgan fingerprint density at radius 3 is 2.90 bits per heavy atom. The summed E-state index contributed by atoms with van der Waals surface area (Å²) in [5.74, 6) is 0. The molecule has 4 nitrogen and oxygen atoms in total. The van der Waals surface area contributed by atoms with Gasteiger partial charge < -0.3 is 15.0 Å². The molecule has 20 heavy (non-hydrogen) atoms. The van der Waals surface area contributed by atoms with Crippen LogP contribution in [0.25, 0.3) is 0 Å². The van der Waals surface area contributed by atoms with Crippen molar-refractivity contribution in [2.24, 2.45) is 0 Å². The predicted molar refractivity (Wildman–Crippen MR) is 82.1 cm³/mol. The lowest BCUT2D eigenvalue weighted by molar-refractivity contribution is 0.0291. The number of carbonyl (C=O) groups excluding carboxylic acids is 1. The lowest BCUT2D eigenvalue weighted by Crippen LogP contribution is -2.38. The number of likely N-dealkylation sites (tertiary alicyclic amines) is 1. The maximum atomic E-state index is 12.0. The third-order valence-electron chi connectivity index (χ3n) is 3.36. The summed E-state index contributed by atoms with van der Waals surface area (Å²) < 4.78 is 5.40. The standard InChI is InChI=1S/C15H24N2O2S/c1-11-6-8-20-13(11)9-16-12-5-7-17(10-12)14(18)19-15(2,3)4/h6,8,12,16H,5,7,9-10H2,1-4H3. The molecule has 1 saturated heterocycles. The fraction of sp³-hybridized carbons (Fsp3) is 0.667. The molecule has 1 atom stereocenters. The average molecular weight is 296 g/mol. The Morgan fingerprint density at radius 2 is 2.30 bits per heavy atom. The second kappa shape index (κ2) is 6.14. The highest BCUT2D eigenvalue weighted by Crippen LogP contribution is 2.18. The number of amides is 1. The van der Waals surface area contributed by atoms with E-state index in [9.17, 15) is 4.79 Å². The maximum absolute atomic E-state index is 12.0. The van der Waals surface area contributed by atoms with Crippen LogP contribution in [0.5, 0.6) is 0 Å². The molecule has 1 aliphatic rings. The van der Waals surface area contributed by atoms with E-state index in [-0.39, 0.29) is 6.09 Å². The van der Waals surface area contributed by atoms with Gasteiger partial charge in [0, 0.05) is 30.6 Å². The van der Waals surface area contributed by atoms with Gasteiger partial charge in [0.1, 0.15) is 5.60 Å². The molecule has 5 heteroatoms. The number of rotatable bonds is 3. The van der Waals surface area contributed by atoms with Crippen molar-refractivity contribution < 1.29 is 9.53 Å². The van der Waals surface area contributed by atoms with Crippen molar-refractivity contribution in [3.63, 3.8) is 0 Å². The zero-order chi connectivity index (χ0) is 14.8. The molecule has 1 fully saturated rings. The van der Waals surface area contributed by atoms with E-state index < -0.39 is 5.60 Å². The Hall–Kier alpha value is -1.07. The summed E-state index contributed by atoms with van der Waals surface area (Å²) in [6.45, 7) is 10.2. The summed E-state index contributed by atoms with van der Waals surface area (Å²) in [7, 11) is 0. The van der Waals surface area contributed by atoms with Crippen LogP contribution in [-0.2, 0) is 11.3 Å². The first-order valence-electron chi connectivity index (χ1n) is 7.09. The molecular weight excluding hydrogens is 272 g/mol. The number of hydrogen-bond acceptors (Lipinski definition) is 4. The molecule has 0 radical (unpaired) electrons. The summed E-state index contributed by atoms with van der Waals surface area (Å²) in [5, 5.41) is 5.65. The molecule has 1 amide bonds. The van der Waals surface area contributed by atoms with E-state index in [0.29, 0.717) is 6.04 Å². The van der Waals surface area contributed by atoms with Gasteiger partial charge in [-0.3, -0.25) is 0 Å².